The third kappa shape index (κ3) is 5.54. The second-order valence-electron chi connectivity index (χ2n) is 8.04. The fourth-order valence-corrected chi connectivity index (χ4v) is 4.54. The van der Waals surface area contributed by atoms with Gasteiger partial charge in [0.25, 0.3) is 5.91 Å². The van der Waals surface area contributed by atoms with Gasteiger partial charge in [0, 0.05) is 21.6 Å². The van der Waals surface area contributed by atoms with E-state index in [2.05, 4.69) is 34.9 Å². The Morgan fingerprint density at radius 3 is 2.26 bits per heavy atom. The van der Waals surface area contributed by atoms with Crippen molar-refractivity contribution >= 4 is 46.2 Å². The van der Waals surface area contributed by atoms with E-state index in [1.165, 1.54) is 6.07 Å². The lowest BCUT2D eigenvalue weighted by Gasteiger charge is -2.14. The van der Waals surface area contributed by atoms with Gasteiger partial charge in [-0.1, -0.05) is 54.6 Å². The van der Waals surface area contributed by atoms with Crippen LogP contribution in [-0.2, 0) is 9.53 Å². The van der Waals surface area contributed by atoms with Crippen molar-refractivity contribution in [2.24, 2.45) is 0 Å². The number of carboxylic acids is 1. The van der Waals surface area contributed by atoms with Gasteiger partial charge in [0.15, 0.2) is 0 Å². The largest absolute Gasteiger partial charge is 0.478 e. The number of aromatic carboxylic acids is 1. The minimum Gasteiger partial charge on any atom is -0.478 e. The highest BCUT2D eigenvalue weighted by Gasteiger charge is 2.28. The molecule has 0 bridgehead atoms. The molecule has 0 saturated heterocycles. The van der Waals surface area contributed by atoms with Crippen LogP contribution in [0.3, 0.4) is 0 Å². The highest BCUT2D eigenvalue weighted by Crippen LogP contribution is 2.44. The number of carbonyl (C=O) groups excluding carboxylic acids is 2. The summed E-state index contributed by atoms with van der Waals surface area (Å²) in [4.78, 5) is 36.2. The molecule has 178 valence electrons. The molecular weight excluding hydrogens is 559 g/mol. The van der Waals surface area contributed by atoms with Gasteiger partial charge in [-0.05, 0) is 70.0 Å². The van der Waals surface area contributed by atoms with Gasteiger partial charge in [-0.25, -0.2) is 9.59 Å². The zero-order chi connectivity index (χ0) is 24.9. The van der Waals surface area contributed by atoms with Crippen molar-refractivity contribution < 1.29 is 24.2 Å². The average Bonchev–Trinajstić information content (AvgIpc) is 3.17. The number of hydrogen-bond donors (Lipinski definition) is 3. The Bertz CT molecular complexity index is 1290. The molecule has 4 rings (SSSR count). The Morgan fingerprint density at radius 1 is 1.00 bits per heavy atom. The Morgan fingerprint density at radius 2 is 1.63 bits per heavy atom. The summed E-state index contributed by atoms with van der Waals surface area (Å²) in [6, 6.07) is 20.9. The van der Waals surface area contributed by atoms with Crippen molar-refractivity contribution in [2.75, 3.05) is 18.5 Å². The fraction of sp³-hybridized carbons (Fsp3) is 0.148. The maximum atomic E-state index is 12.5. The van der Waals surface area contributed by atoms with Crippen molar-refractivity contribution in [2.45, 2.75) is 12.8 Å². The lowest BCUT2D eigenvalue weighted by atomic mass is 9.98. The molecule has 35 heavy (non-hydrogen) atoms. The number of benzene rings is 3. The number of fused-ring (bicyclic) bond motifs is 3. The molecule has 0 unspecified atom stereocenters. The molecule has 3 N–H and O–H groups in total. The van der Waals surface area contributed by atoms with Crippen LogP contribution in [0.25, 0.3) is 11.1 Å². The molecule has 1 aliphatic rings. The molecule has 0 aliphatic heterocycles. The first-order valence-electron chi connectivity index (χ1n) is 10.9. The molecular formula is C27H23IN2O5. The number of ether oxygens (including phenoxy) is 1. The lowest BCUT2D eigenvalue weighted by Crippen LogP contribution is -2.27. The maximum Gasteiger partial charge on any atom is 0.407 e. The van der Waals surface area contributed by atoms with E-state index in [4.69, 9.17) is 4.74 Å². The number of hydrogen-bond acceptors (Lipinski definition) is 4. The summed E-state index contributed by atoms with van der Waals surface area (Å²) in [6.45, 7) is 1.88. The summed E-state index contributed by atoms with van der Waals surface area (Å²) in [7, 11) is 0. The van der Waals surface area contributed by atoms with E-state index in [1.54, 1.807) is 25.1 Å². The summed E-state index contributed by atoms with van der Waals surface area (Å²) in [5, 5.41) is 14.6. The third-order valence-corrected chi connectivity index (χ3v) is 6.49. The van der Waals surface area contributed by atoms with Crippen LogP contribution >= 0.6 is 22.6 Å². The van der Waals surface area contributed by atoms with Gasteiger partial charge in [0.1, 0.15) is 6.61 Å². The summed E-state index contributed by atoms with van der Waals surface area (Å²) in [5.41, 5.74) is 5.12. The van der Waals surface area contributed by atoms with Gasteiger partial charge in [0.05, 0.1) is 11.3 Å². The van der Waals surface area contributed by atoms with Crippen LogP contribution in [0.2, 0.25) is 0 Å². The number of anilines is 1. The number of carbonyl (C=O) groups is 3. The molecule has 2 amide bonds. The van der Waals surface area contributed by atoms with E-state index in [-0.39, 0.29) is 30.3 Å². The van der Waals surface area contributed by atoms with Gasteiger partial charge in [-0.15, -0.1) is 0 Å². The van der Waals surface area contributed by atoms with Crippen LogP contribution in [0.15, 0.2) is 78.4 Å². The van der Waals surface area contributed by atoms with E-state index in [0.29, 0.717) is 5.57 Å². The highest BCUT2D eigenvalue weighted by molar-refractivity contribution is 14.1. The second-order valence-corrected chi connectivity index (χ2v) is 9.29. The summed E-state index contributed by atoms with van der Waals surface area (Å²) >= 11 is 2.01. The van der Waals surface area contributed by atoms with Gasteiger partial charge in [-0.3, -0.25) is 4.79 Å². The van der Waals surface area contributed by atoms with Gasteiger partial charge >= 0.3 is 12.1 Å². The normalized spacial score (nSPS) is 12.5. The Labute approximate surface area is 216 Å². The first kappa shape index (κ1) is 24.5. The molecule has 0 spiro atoms. The number of alkyl carbamates (subject to hydrolysis) is 1. The number of rotatable bonds is 7. The van der Waals surface area contributed by atoms with Crippen molar-refractivity contribution in [3.8, 4) is 11.1 Å². The molecule has 0 atom stereocenters. The zero-order valence-corrected chi connectivity index (χ0v) is 21.0. The van der Waals surface area contributed by atoms with Crippen LogP contribution in [0.5, 0.6) is 0 Å². The molecule has 3 aromatic carbocycles. The van der Waals surface area contributed by atoms with E-state index < -0.39 is 18.0 Å². The van der Waals surface area contributed by atoms with Crippen LogP contribution in [-0.4, -0.2) is 36.2 Å². The van der Waals surface area contributed by atoms with Crippen molar-refractivity contribution in [3.63, 3.8) is 0 Å². The van der Waals surface area contributed by atoms with Crippen molar-refractivity contribution in [3.05, 3.63) is 98.6 Å². The average molecular weight is 582 g/mol. The Hall–Kier alpha value is -3.66. The van der Waals surface area contributed by atoms with Gasteiger partial charge in [-0.2, -0.15) is 0 Å². The predicted octanol–water partition coefficient (Wildman–Crippen LogP) is 5.41. The lowest BCUT2D eigenvalue weighted by molar-refractivity contribution is -0.112. The van der Waals surface area contributed by atoms with Crippen molar-refractivity contribution in [1.29, 1.82) is 0 Å². The third-order valence-electron chi connectivity index (χ3n) is 5.82. The standard InChI is InChI=1S/C27H23IN2O5/c1-16(25(31)30-24-11-10-17(28)14-22(24)26(32)33)12-13-29-27(34)35-15-23-20-8-4-2-6-18(20)19-7-3-5-9-21(19)23/h2-12,14,23H,13,15H2,1H3,(H,29,34)(H,30,31)(H,32,33)/b16-12+. The zero-order valence-electron chi connectivity index (χ0n) is 18.9. The molecule has 0 heterocycles. The van der Waals surface area contributed by atoms with Crippen LogP contribution in [0.1, 0.15) is 34.3 Å². The first-order chi connectivity index (χ1) is 16.8. The summed E-state index contributed by atoms with van der Waals surface area (Å²) in [5.74, 6) is -1.62. The van der Waals surface area contributed by atoms with E-state index in [0.717, 1.165) is 25.8 Å². The number of carboxylic acid groups (broad SMARTS) is 1. The van der Waals surface area contributed by atoms with E-state index >= 15 is 0 Å². The SMILES string of the molecule is C/C(=C\CNC(=O)OCC1c2ccccc2-c2ccccc21)C(=O)Nc1ccc(I)cc1C(=O)O. The van der Waals surface area contributed by atoms with Gasteiger partial charge < -0.3 is 20.5 Å². The fourth-order valence-electron chi connectivity index (χ4n) is 4.05. The molecule has 3 aromatic rings. The molecule has 0 saturated carbocycles. The van der Waals surface area contributed by atoms with Gasteiger partial charge in [0.2, 0.25) is 0 Å². The van der Waals surface area contributed by atoms with Crippen LogP contribution < -0.4 is 10.6 Å². The molecule has 7 nitrogen and oxygen atoms in total. The van der Waals surface area contributed by atoms with Crippen molar-refractivity contribution in [1.82, 2.24) is 5.32 Å². The minimum absolute atomic E-state index is 0.00909. The monoisotopic (exact) mass is 582 g/mol. The Kier molecular flexibility index (Phi) is 7.50. The second kappa shape index (κ2) is 10.7. The van der Waals surface area contributed by atoms with Crippen LogP contribution in [0.4, 0.5) is 10.5 Å². The molecule has 0 radical (unpaired) electrons. The predicted molar refractivity (Wildman–Crippen MR) is 142 cm³/mol. The Balaban J connectivity index is 1.31. The number of nitrogens with one attached hydrogen (secondary N) is 2. The molecule has 0 aromatic heterocycles. The van der Waals surface area contributed by atoms with E-state index in [1.807, 2.05) is 46.9 Å². The summed E-state index contributed by atoms with van der Waals surface area (Å²) in [6.07, 6.45) is 0.964. The maximum absolute atomic E-state index is 12.5. The number of halogens is 1. The first-order valence-corrected chi connectivity index (χ1v) is 12.0. The topological polar surface area (TPSA) is 105 Å². The molecule has 1 aliphatic carbocycles. The number of amides is 2. The molecule has 8 heteroatoms. The molecule has 0 fully saturated rings. The van der Waals surface area contributed by atoms with Crippen LogP contribution in [0, 0.1) is 3.57 Å². The smallest absolute Gasteiger partial charge is 0.407 e. The quantitative estimate of drug-likeness (QED) is 0.255. The highest BCUT2D eigenvalue weighted by atomic mass is 127. The van der Waals surface area contributed by atoms with E-state index in [9.17, 15) is 19.5 Å². The minimum atomic E-state index is -1.13. The summed E-state index contributed by atoms with van der Waals surface area (Å²) < 4.78 is 6.23.